The molecular weight excluding hydrogens is 288 g/mol. The van der Waals surface area contributed by atoms with Crippen LogP contribution in [0.3, 0.4) is 0 Å². The molecule has 6 heteroatoms. The average molecular weight is 307 g/mol. The van der Waals surface area contributed by atoms with E-state index in [0.29, 0.717) is 11.2 Å². The van der Waals surface area contributed by atoms with Gasteiger partial charge in [0.2, 0.25) is 0 Å². The minimum Gasteiger partial charge on any atom is -0.497 e. The van der Waals surface area contributed by atoms with E-state index < -0.39 is 0 Å². The molecule has 1 aliphatic heterocycles. The number of rotatable bonds is 3. The van der Waals surface area contributed by atoms with Crippen LogP contribution in [0.2, 0.25) is 5.15 Å². The fourth-order valence-corrected chi connectivity index (χ4v) is 3.01. The topological polar surface area (TPSA) is 50.3 Å². The summed E-state index contributed by atoms with van der Waals surface area (Å²) < 4.78 is 5.30. The molecule has 2 aromatic rings. The van der Waals surface area contributed by atoms with Crippen molar-refractivity contribution in [3.8, 4) is 5.75 Å². The number of hydrogen-bond acceptors (Lipinski definition) is 5. The summed E-state index contributed by atoms with van der Waals surface area (Å²) in [5.41, 5.74) is 0. The first kappa shape index (κ1) is 14.4. The molecule has 1 N–H and O–H groups in total. The van der Waals surface area contributed by atoms with Gasteiger partial charge in [-0.1, -0.05) is 11.6 Å². The predicted molar refractivity (Wildman–Crippen MR) is 85.2 cm³/mol. The summed E-state index contributed by atoms with van der Waals surface area (Å²) in [6.45, 7) is 2.16. The number of nitrogens with one attached hydrogen (secondary N) is 1. The SMILES string of the molecule is COc1ccc2c(Cl)nnc(N[C@@H]3CCCN(C)C3)c2c1. The first-order valence-electron chi connectivity index (χ1n) is 7.12. The lowest BCUT2D eigenvalue weighted by molar-refractivity contribution is 0.261. The van der Waals surface area contributed by atoms with Crippen LogP contribution in [-0.2, 0) is 0 Å². The highest BCUT2D eigenvalue weighted by Crippen LogP contribution is 2.30. The van der Waals surface area contributed by atoms with Crippen molar-refractivity contribution in [2.45, 2.75) is 18.9 Å². The Morgan fingerprint density at radius 1 is 1.33 bits per heavy atom. The maximum Gasteiger partial charge on any atom is 0.159 e. The number of likely N-dealkylation sites (tertiary alicyclic amines) is 1. The van der Waals surface area contributed by atoms with Crippen molar-refractivity contribution in [3.05, 3.63) is 23.4 Å². The van der Waals surface area contributed by atoms with Gasteiger partial charge in [0.1, 0.15) is 5.75 Å². The zero-order valence-corrected chi connectivity index (χ0v) is 13.0. The zero-order valence-electron chi connectivity index (χ0n) is 12.3. The lowest BCUT2D eigenvalue weighted by atomic mass is 10.1. The summed E-state index contributed by atoms with van der Waals surface area (Å²) in [6.07, 6.45) is 2.33. The minimum atomic E-state index is 0.383. The maximum absolute atomic E-state index is 6.14. The molecule has 1 aromatic heterocycles. The van der Waals surface area contributed by atoms with Gasteiger partial charge in [0.25, 0.3) is 0 Å². The van der Waals surface area contributed by atoms with Crippen LogP contribution in [-0.4, -0.2) is 48.4 Å². The molecule has 1 fully saturated rings. The quantitative estimate of drug-likeness (QED) is 0.945. The first-order valence-corrected chi connectivity index (χ1v) is 7.50. The van der Waals surface area contributed by atoms with E-state index in [2.05, 4.69) is 27.5 Å². The van der Waals surface area contributed by atoms with Crippen LogP contribution in [0.5, 0.6) is 5.75 Å². The number of aromatic nitrogens is 2. The third-order valence-corrected chi connectivity index (χ3v) is 4.19. The molecule has 1 aromatic carbocycles. The van der Waals surface area contributed by atoms with E-state index in [0.717, 1.165) is 41.9 Å². The van der Waals surface area contributed by atoms with Gasteiger partial charge in [0.15, 0.2) is 11.0 Å². The van der Waals surface area contributed by atoms with Crippen molar-refractivity contribution >= 4 is 28.2 Å². The number of anilines is 1. The number of benzene rings is 1. The molecule has 0 bridgehead atoms. The molecular formula is C15H19ClN4O. The lowest BCUT2D eigenvalue weighted by Gasteiger charge is -2.30. The number of likely N-dealkylation sites (N-methyl/N-ethyl adjacent to an activating group) is 1. The molecule has 1 saturated heterocycles. The second-order valence-corrected chi connectivity index (χ2v) is 5.85. The van der Waals surface area contributed by atoms with E-state index in [1.165, 1.54) is 6.42 Å². The number of hydrogen-bond donors (Lipinski definition) is 1. The zero-order chi connectivity index (χ0) is 14.8. The summed E-state index contributed by atoms with van der Waals surface area (Å²) >= 11 is 6.14. The molecule has 2 heterocycles. The first-order chi connectivity index (χ1) is 10.2. The standard InChI is InChI=1S/C15H19ClN4O/c1-20-7-3-4-10(9-20)17-15-13-8-11(21-2)5-6-12(13)14(16)18-19-15/h5-6,8,10H,3-4,7,9H2,1-2H3,(H,17,19)/t10-/m1/s1. The number of piperidine rings is 1. The number of nitrogens with zero attached hydrogens (tertiary/aromatic N) is 3. The van der Waals surface area contributed by atoms with Crippen LogP contribution >= 0.6 is 11.6 Å². The molecule has 0 spiro atoms. The molecule has 0 radical (unpaired) electrons. The summed E-state index contributed by atoms with van der Waals surface area (Å²) in [4.78, 5) is 2.33. The van der Waals surface area contributed by atoms with Crippen LogP contribution in [0, 0.1) is 0 Å². The normalized spacial score (nSPS) is 19.7. The molecule has 0 aliphatic carbocycles. The highest BCUT2D eigenvalue weighted by Gasteiger charge is 2.19. The van der Waals surface area contributed by atoms with Crippen molar-refractivity contribution in [2.24, 2.45) is 0 Å². The lowest BCUT2D eigenvalue weighted by Crippen LogP contribution is -2.40. The van der Waals surface area contributed by atoms with Gasteiger partial charge in [-0.05, 0) is 44.6 Å². The third kappa shape index (κ3) is 3.04. The van der Waals surface area contributed by atoms with Gasteiger partial charge in [0, 0.05) is 23.4 Å². The Morgan fingerprint density at radius 2 is 2.19 bits per heavy atom. The highest BCUT2D eigenvalue weighted by molar-refractivity contribution is 6.34. The third-order valence-electron chi connectivity index (χ3n) is 3.91. The largest absolute Gasteiger partial charge is 0.497 e. The fourth-order valence-electron chi connectivity index (χ4n) is 2.81. The maximum atomic E-state index is 6.14. The summed E-state index contributed by atoms with van der Waals surface area (Å²) in [5.74, 6) is 1.56. The monoisotopic (exact) mass is 306 g/mol. The average Bonchev–Trinajstić information content (AvgIpc) is 2.50. The van der Waals surface area contributed by atoms with Crippen LogP contribution in [0.4, 0.5) is 5.82 Å². The summed E-state index contributed by atoms with van der Waals surface area (Å²) in [5, 5.41) is 14.0. The van der Waals surface area contributed by atoms with E-state index in [4.69, 9.17) is 16.3 Å². The second-order valence-electron chi connectivity index (χ2n) is 5.50. The van der Waals surface area contributed by atoms with Crippen LogP contribution in [0.15, 0.2) is 18.2 Å². The van der Waals surface area contributed by atoms with Gasteiger partial charge in [0.05, 0.1) is 7.11 Å². The molecule has 0 saturated carbocycles. The number of methoxy groups -OCH3 is 1. The molecule has 0 unspecified atom stereocenters. The molecule has 21 heavy (non-hydrogen) atoms. The van der Waals surface area contributed by atoms with Crippen molar-refractivity contribution < 1.29 is 4.74 Å². The van der Waals surface area contributed by atoms with Crippen molar-refractivity contribution in [2.75, 3.05) is 32.6 Å². The fraction of sp³-hybridized carbons (Fsp3) is 0.467. The Balaban J connectivity index is 1.95. The highest BCUT2D eigenvalue weighted by atomic mass is 35.5. The second kappa shape index (κ2) is 6.03. The number of halogens is 1. The molecule has 1 aliphatic rings. The van der Waals surface area contributed by atoms with E-state index in [9.17, 15) is 0 Å². The van der Waals surface area contributed by atoms with Gasteiger partial charge < -0.3 is 15.0 Å². The van der Waals surface area contributed by atoms with Crippen LogP contribution < -0.4 is 10.1 Å². The molecule has 0 amide bonds. The van der Waals surface area contributed by atoms with E-state index >= 15 is 0 Å². The van der Waals surface area contributed by atoms with Crippen LogP contribution in [0.1, 0.15) is 12.8 Å². The van der Waals surface area contributed by atoms with Crippen LogP contribution in [0.25, 0.3) is 10.8 Å². The van der Waals surface area contributed by atoms with Gasteiger partial charge in [-0.3, -0.25) is 0 Å². The summed E-state index contributed by atoms with van der Waals surface area (Å²) in [7, 11) is 3.79. The van der Waals surface area contributed by atoms with Crippen molar-refractivity contribution in [1.82, 2.24) is 15.1 Å². The smallest absolute Gasteiger partial charge is 0.159 e. The molecule has 112 valence electrons. The minimum absolute atomic E-state index is 0.383. The molecule has 3 rings (SSSR count). The Morgan fingerprint density at radius 3 is 2.95 bits per heavy atom. The summed E-state index contributed by atoms with van der Waals surface area (Å²) in [6, 6.07) is 6.14. The van der Waals surface area contributed by atoms with Crippen molar-refractivity contribution in [3.63, 3.8) is 0 Å². The predicted octanol–water partition coefficient (Wildman–Crippen LogP) is 2.80. The van der Waals surface area contributed by atoms with E-state index in [1.807, 2.05) is 18.2 Å². The van der Waals surface area contributed by atoms with E-state index in [1.54, 1.807) is 7.11 Å². The number of fused-ring (bicyclic) bond motifs is 1. The van der Waals surface area contributed by atoms with Crippen molar-refractivity contribution in [1.29, 1.82) is 0 Å². The van der Waals surface area contributed by atoms with Gasteiger partial charge in [-0.15, -0.1) is 10.2 Å². The Hall–Kier alpha value is -1.59. The molecule has 1 atom stereocenters. The Kier molecular flexibility index (Phi) is 4.12. The Bertz CT molecular complexity index is 649. The molecule has 5 nitrogen and oxygen atoms in total. The number of ether oxygens (including phenoxy) is 1. The van der Waals surface area contributed by atoms with Gasteiger partial charge in [-0.25, -0.2) is 0 Å². The Labute approximate surface area is 129 Å². The van der Waals surface area contributed by atoms with Gasteiger partial charge >= 0.3 is 0 Å². The van der Waals surface area contributed by atoms with E-state index in [-0.39, 0.29) is 0 Å². The van der Waals surface area contributed by atoms with Gasteiger partial charge in [-0.2, -0.15) is 0 Å².